The van der Waals surface area contributed by atoms with Gasteiger partial charge in [-0.05, 0) is 30.2 Å². The van der Waals surface area contributed by atoms with E-state index in [1.165, 1.54) is 0 Å². The van der Waals surface area contributed by atoms with Crippen LogP contribution in [0.5, 0.6) is 0 Å². The Bertz CT molecular complexity index is 697. The van der Waals surface area contributed by atoms with Crippen LogP contribution in [-0.2, 0) is 11.2 Å². The first kappa shape index (κ1) is 14.6. The summed E-state index contributed by atoms with van der Waals surface area (Å²) in [7, 11) is 0. The Labute approximate surface area is 133 Å². The maximum Gasteiger partial charge on any atom is 0.227 e. The lowest BCUT2D eigenvalue weighted by Crippen LogP contribution is -2.64. The fourth-order valence-corrected chi connectivity index (χ4v) is 2.86. The molecule has 0 spiro atoms. The molecule has 22 heavy (non-hydrogen) atoms. The summed E-state index contributed by atoms with van der Waals surface area (Å²) >= 11 is 5.89. The summed E-state index contributed by atoms with van der Waals surface area (Å²) in [5, 5.41) is 0.670. The van der Waals surface area contributed by atoms with Crippen molar-refractivity contribution in [2.24, 2.45) is 11.1 Å². The number of nitrogen functional groups attached to an aromatic ring is 1. The molecule has 0 radical (unpaired) electrons. The Morgan fingerprint density at radius 2 is 1.95 bits per heavy atom. The van der Waals surface area contributed by atoms with Gasteiger partial charge < -0.3 is 16.4 Å². The number of nitrogens with zero attached hydrogens (tertiary/aromatic N) is 3. The molecule has 1 saturated heterocycles. The number of hydrogen-bond acceptors (Lipinski definition) is 5. The summed E-state index contributed by atoms with van der Waals surface area (Å²) in [6.45, 7) is 1.03. The van der Waals surface area contributed by atoms with Crippen LogP contribution in [0.15, 0.2) is 36.5 Å². The molecule has 114 valence electrons. The second-order valence-electron chi connectivity index (χ2n) is 5.58. The normalized spacial score (nSPS) is 16.1. The van der Waals surface area contributed by atoms with Crippen molar-refractivity contribution in [3.05, 3.63) is 47.1 Å². The molecular weight excluding hydrogens is 302 g/mol. The fraction of sp³-hybridized carbons (Fsp3) is 0.267. The maximum atomic E-state index is 11.9. The quantitative estimate of drug-likeness (QED) is 0.884. The molecular formula is C15H16ClN5O. The van der Waals surface area contributed by atoms with Crippen LogP contribution in [0.2, 0.25) is 5.02 Å². The first-order chi connectivity index (χ1) is 10.5. The Hall–Kier alpha value is -2.34. The summed E-state index contributed by atoms with van der Waals surface area (Å²) < 4.78 is 0. The number of halogens is 1. The van der Waals surface area contributed by atoms with Gasteiger partial charge in [0.2, 0.25) is 11.9 Å². The highest BCUT2D eigenvalue weighted by molar-refractivity contribution is 6.30. The van der Waals surface area contributed by atoms with Crippen molar-refractivity contribution < 1.29 is 4.79 Å². The number of carbonyl (C=O) groups excluding carboxylic acids is 1. The molecule has 1 aliphatic heterocycles. The molecule has 1 aliphatic rings. The number of hydrogen-bond donors (Lipinski definition) is 2. The van der Waals surface area contributed by atoms with Crippen LogP contribution in [0.1, 0.15) is 5.56 Å². The van der Waals surface area contributed by atoms with Crippen LogP contribution in [0, 0.1) is 5.41 Å². The zero-order valence-corrected chi connectivity index (χ0v) is 12.6. The van der Waals surface area contributed by atoms with E-state index >= 15 is 0 Å². The number of amides is 1. The summed E-state index contributed by atoms with van der Waals surface area (Å²) in [4.78, 5) is 21.9. The molecule has 3 rings (SSSR count). The molecule has 1 amide bonds. The van der Waals surface area contributed by atoms with Gasteiger partial charge in [0.25, 0.3) is 0 Å². The molecule has 2 heterocycles. The van der Waals surface area contributed by atoms with E-state index < -0.39 is 5.41 Å². The summed E-state index contributed by atoms with van der Waals surface area (Å²) in [6.07, 6.45) is 2.18. The number of carbonyl (C=O) groups is 1. The van der Waals surface area contributed by atoms with E-state index in [4.69, 9.17) is 23.1 Å². The number of rotatable bonds is 4. The van der Waals surface area contributed by atoms with E-state index in [-0.39, 0.29) is 11.9 Å². The third-order valence-corrected chi connectivity index (χ3v) is 4.20. The van der Waals surface area contributed by atoms with E-state index in [0.29, 0.717) is 30.4 Å². The highest BCUT2D eigenvalue weighted by Gasteiger charge is 2.48. The minimum Gasteiger partial charge on any atom is -0.369 e. The Kier molecular flexibility index (Phi) is 3.62. The van der Waals surface area contributed by atoms with Gasteiger partial charge in [-0.25, -0.2) is 4.98 Å². The predicted molar refractivity (Wildman–Crippen MR) is 85.4 cm³/mol. The van der Waals surface area contributed by atoms with Gasteiger partial charge in [0, 0.05) is 24.3 Å². The van der Waals surface area contributed by atoms with Crippen molar-refractivity contribution in [1.82, 2.24) is 9.97 Å². The van der Waals surface area contributed by atoms with Crippen molar-refractivity contribution in [2.75, 3.05) is 23.7 Å². The molecule has 1 aromatic carbocycles. The summed E-state index contributed by atoms with van der Waals surface area (Å²) in [6, 6.07) is 9.22. The van der Waals surface area contributed by atoms with Crippen LogP contribution >= 0.6 is 11.6 Å². The third kappa shape index (κ3) is 2.69. The highest BCUT2D eigenvalue weighted by Crippen LogP contribution is 2.36. The van der Waals surface area contributed by atoms with Crippen molar-refractivity contribution in [3.8, 4) is 0 Å². The van der Waals surface area contributed by atoms with Gasteiger partial charge in [0.15, 0.2) is 0 Å². The van der Waals surface area contributed by atoms with Crippen molar-refractivity contribution >= 4 is 29.3 Å². The molecule has 6 nitrogen and oxygen atoms in total. The van der Waals surface area contributed by atoms with Crippen molar-refractivity contribution in [3.63, 3.8) is 0 Å². The van der Waals surface area contributed by atoms with Crippen LogP contribution in [0.4, 0.5) is 11.8 Å². The lowest BCUT2D eigenvalue weighted by atomic mass is 9.74. The SMILES string of the molecule is NC(=O)C1(Cc2ccc(Cl)cc2)CN(c2ccnc(N)n2)C1. The largest absolute Gasteiger partial charge is 0.369 e. The zero-order valence-electron chi connectivity index (χ0n) is 11.9. The smallest absolute Gasteiger partial charge is 0.227 e. The van der Waals surface area contributed by atoms with Crippen LogP contribution < -0.4 is 16.4 Å². The molecule has 2 aromatic rings. The van der Waals surface area contributed by atoms with Crippen LogP contribution in [-0.4, -0.2) is 29.0 Å². The van der Waals surface area contributed by atoms with E-state index in [9.17, 15) is 4.79 Å². The number of nitrogens with two attached hydrogens (primary N) is 2. The summed E-state index contributed by atoms with van der Waals surface area (Å²) in [5.74, 6) is 0.619. The van der Waals surface area contributed by atoms with E-state index in [0.717, 1.165) is 5.56 Å². The fourth-order valence-electron chi connectivity index (χ4n) is 2.73. The van der Waals surface area contributed by atoms with Gasteiger partial charge in [0.05, 0.1) is 5.41 Å². The Morgan fingerprint density at radius 3 is 2.55 bits per heavy atom. The van der Waals surface area contributed by atoms with Gasteiger partial charge in [-0.2, -0.15) is 4.98 Å². The van der Waals surface area contributed by atoms with Gasteiger partial charge >= 0.3 is 0 Å². The monoisotopic (exact) mass is 317 g/mol. The van der Waals surface area contributed by atoms with Crippen molar-refractivity contribution in [1.29, 1.82) is 0 Å². The number of aromatic nitrogens is 2. The molecule has 0 unspecified atom stereocenters. The van der Waals surface area contributed by atoms with Crippen LogP contribution in [0.3, 0.4) is 0 Å². The van der Waals surface area contributed by atoms with Crippen molar-refractivity contribution in [2.45, 2.75) is 6.42 Å². The Balaban J connectivity index is 1.76. The van der Waals surface area contributed by atoms with Gasteiger partial charge in [-0.15, -0.1) is 0 Å². The third-order valence-electron chi connectivity index (χ3n) is 3.95. The minimum atomic E-state index is -0.590. The lowest BCUT2D eigenvalue weighted by Gasteiger charge is -2.48. The first-order valence-corrected chi connectivity index (χ1v) is 7.24. The highest BCUT2D eigenvalue weighted by atomic mass is 35.5. The second-order valence-corrected chi connectivity index (χ2v) is 6.01. The molecule has 7 heteroatoms. The average Bonchev–Trinajstić information content (AvgIpc) is 2.44. The average molecular weight is 318 g/mol. The van der Waals surface area contributed by atoms with E-state index in [1.54, 1.807) is 12.3 Å². The zero-order chi connectivity index (χ0) is 15.7. The van der Waals surface area contributed by atoms with E-state index in [2.05, 4.69) is 9.97 Å². The van der Waals surface area contributed by atoms with Gasteiger partial charge in [-0.1, -0.05) is 23.7 Å². The Morgan fingerprint density at radius 1 is 1.27 bits per heavy atom. The maximum absolute atomic E-state index is 11.9. The molecule has 1 aromatic heterocycles. The minimum absolute atomic E-state index is 0.215. The molecule has 0 saturated carbocycles. The number of benzene rings is 1. The topological polar surface area (TPSA) is 98.1 Å². The first-order valence-electron chi connectivity index (χ1n) is 6.86. The lowest BCUT2D eigenvalue weighted by molar-refractivity contribution is -0.129. The van der Waals surface area contributed by atoms with E-state index in [1.807, 2.05) is 29.2 Å². The predicted octanol–water partition coefficient (Wildman–Crippen LogP) is 1.25. The standard InChI is InChI=1S/C15H16ClN5O/c16-11-3-1-10(2-4-11)7-15(13(17)22)8-21(9-15)12-5-6-19-14(18)20-12/h1-6H,7-9H2,(H2,17,22)(H2,18,19,20). The molecule has 0 bridgehead atoms. The number of primary amides is 1. The molecule has 4 N–H and O–H groups in total. The van der Waals surface area contributed by atoms with Gasteiger partial charge in [-0.3, -0.25) is 4.79 Å². The summed E-state index contributed by atoms with van der Waals surface area (Å²) in [5.41, 5.74) is 11.7. The molecule has 1 fully saturated rings. The number of anilines is 2. The molecule has 0 atom stereocenters. The van der Waals surface area contributed by atoms with Crippen LogP contribution in [0.25, 0.3) is 0 Å². The second kappa shape index (κ2) is 5.46. The van der Waals surface area contributed by atoms with Gasteiger partial charge in [0.1, 0.15) is 5.82 Å². The molecule has 0 aliphatic carbocycles.